The van der Waals surface area contributed by atoms with Gasteiger partial charge in [0.1, 0.15) is 0 Å². The monoisotopic (exact) mass is 302 g/mol. The van der Waals surface area contributed by atoms with E-state index in [-0.39, 0.29) is 22.7 Å². The minimum Gasteiger partial charge on any atom is -0.465 e. The van der Waals surface area contributed by atoms with Crippen LogP contribution in [0.15, 0.2) is 41.1 Å². The minimum atomic E-state index is -0.619. The number of benzene rings is 1. The Balaban J connectivity index is 2.54. The standard InChI is InChI=1S/C15H14N2O5/c1-9-13(15(19)22-3)12(14(18)16(9)2)8-10-5-4-6-11(7-10)17(20)21/h4-8H,1-3H3. The molecular weight excluding hydrogens is 288 g/mol. The van der Waals surface area contributed by atoms with E-state index in [9.17, 15) is 19.7 Å². The van der Waals surface area contributed by atoms with Crippen LogP contribution in [0.1, 0.15) is 12.5 Å². The van der Waals surface area contributed by atoms with Crippen LogP contribution in [0, 0.1) is 10.1 Å². The molecule has 7 nitrogen and oxygen atoms in total. The summed E-state index contributed by atoms with van der Waals surface area (Å²) < 4.78 is 4.71. The van der Waals surface area contributed by atoms with E-state index in [0.29, 0.717) is 11.3 Å². The highest BCUT2D eigenvalue weighted by Crippen LogP contribution is 2.30. The first-order valence-electron chi connectivity index (χ1n) is 6.40. The molecule has 114 valence electrons. The van der Waals surface area contributed by atoms with E-state index < -0.39 is 10.9 Å². The molecule has 1 aromatic carbocycles. The Hall–Kier alpha value is -2.96. The molecule has 0 aliphatic carbocycles. The lowest BCUT2D eigenvalue weighted by Gasteiger charge is -2.08. The molecule has 1 heterocycles. The second kappa shape index (κ2) is 5.80. The highest BCUT2D eigenvalue weighted by molar-refractivity contribution is 6.16. The van der Waals surface area contributed by atoms with Crippen LogP contribution in [0.2, 0.25) is 0 Å². The summed E-state index contributed by atoms with van der Waals surface area (Å²) in [4.78, 5) is 35.8. The Morgan fingerprint density at radius 2 is 2.09 bits per heavy atom. The molecule has 2 rings (SSSR count). The zero-order valence-corrected chi connectivity index (χ0v) is 12.3. The summed E-state index contributed by atoms with van der Waals surface area (Å²) in [5, 5.41) is 10.8. The van der Waals surface area contributed by atoms with Gasteiger partial charge in [0.05, 0.1) is 23.2 Å². The number of allylic oxidation sites excluding steroid dienone is 1. The SMILES string of the molecule is COC(=O)C1=C(C)N(C)C(=O)C1=Cc1cccc([N+](=O)[O-])c1. The Kier molecular flexibility index (Phi) is 4.07. The zero-order valence-electron chi connectivity index (χ0n) is 12.3. The van der Waals surface area contributed by atoms with Crippen molar-refractivity contribution in [1.82, 2.24) is 4.90 Å². The first kappa shape index (κ1) is 15.4. The number of rotatable bonds is 3. The molecule has 1 aliphatic rings. The molecule has 0 N–H and O–H groups in total. The number of likely N-dealkylation sites (N-methyl/N-ethyl adjacent to an activating group) is 1. The molecule has 0 bridgehead atoms. The maximum absolute atomic E-state index is 12.2. The lowest BCUT2D eigenvalue weighted by atomic mass is 10.0. The van der Waals surface area contributed by atoms with E-state index in [1.54, 1.807) is 20.0 Å². The van der Waals surface area contributed by atoms with Gasteiger partial charge in [0, 0.05) is 24.9 Å². The number of non-ortho nitro benzene ring substituents is 1. The molecule has 0 fully saturated rings. The Bertz CT molecular complexity index is 733. The van der Waals surface area contributed by atoms with Gasteiger partial charge >= 0.3 is 5.97 Å². The van der Waals surface area contributed by atoms with Crippen molar-refractivity contribution in [3.05, 3.63) is 56.8 Å². The lowest BCUT2D eigenvalue weighted by molar-refractivity contribution is -0.384. The highest BCUT2D eigenvalue weighted by Gasteiger charge is 2.34. The third kappa shape index (κ3) is 2.60. The van der Waals surface area contributed by atoms with Crippen LogP contribution in [0.4, 0.5) is 5.69 Å². The van der Waals surface area contributed by atoms with Crippen LogP contribution in [-0.2, 0) is 14.3 Å². The molecule has 7 heteroatoms. The summed E-state index contributed by atoms with van der Waals surface area (Å²) >= 11 is 0. The molecule has 0 spiro atoms. The van der Waals surface area contributed by atoms with Gasteiger partial charge in [0.15, 0.2) is 0 Å². The van der Waals surface area contributed by atoms with E-state index in [1.807, 2.05) is 0 Å². The van der Waals surface area contributed by atoms with Crippen molar-refractivity contribution in [3.8, 4) is 0 Å². The Morgan fingerprint density at radius 1 is 1.41 bits per heavy atom. The van der Waals surface area contributed by atoms with Gasteiger partial charge in [-0.25, -0.2) is 4.79 Å². The summed E-state index contributed by atoms with van der Waals surface area (Å²) in [6.07, 6.45) is 1.45. The van der Waals surface area contributed by atoms with Gasteiger partial charge in [-0.1, -0.05) is 12.1 Å². The number of nitro groups is 1. The second-order valence-corrected chi connectivity index (χ2v) is 4.73. The van der Waals surface area contributed by atoms with Crippen LogP contribution >= 0.6 is 0 Å². The summed E-state index contributed by atoms with van der Waals surface area (Å²) in [6.45, 7) is 1.64. The molecule has 0 radical (unpaired) electrons. The fourth-order valence-corrected chi connectivity index (χ4v) is 2.19. The van der Waals surface area contributed by atoms with Crippen molar-refractivity contribution in [2.24, 2.45) is 0 Å². The van der Waals surface area contributed by atoms with Gasteiger partial charge in [-0.05, 0) is 18.6 Å². The number of ether oxygens (including phenoxy) is 1. The molecule has 0 saturated carbocycles. The molecule has 0 saturated heterocycles. The number of nitro benzene ring substituents is 1. The number of amides is 1. The average Bonchev–Trinajstić information content (AvgIpc) is 2.71. The summed E-state index contributed by atoms with van der Waals surface area (Å²) in [5.41, 5.74) is 1.18. The van der Waals surface area contributed by atoms with Gasteiger partial charge in [0.25, 0.3) is 11.6 Å². The first-order chi connectivity index (χ1) is 10.4. The van der Waals surface area contributed by atoms with Crippen molar-refractivity contribution < 1.29 is 19.2 Å². The molecule has 0 atom stereocenters. The smallest absolute Gasteiger partial charge is 0.340 e. The van der Waals surface area contributed by atoms with Crippen LogP contribution in [-0.4, -0.2) is 35.9 Å². The van der Waals surface area contributed by atoms with E-state index in [4.69, 9.17) is 4.74 Å². The number of methoxy groups -OCH3 is 1. The summed E-state index contributed by atoms with van der Waals surface area (Å²) in [7, 11) is 2.78. The fourth-order valence-electron chi connectivity index (χ4n) is 2.19. The number of carbonyl (C=O) groups excluding carboxylic acids is 2. The predicted octanol–water partition coefficient (Wildman–Crippen LogP) is 1.90. The van der Waals surface area contributed by atoms with Crippen molar-refractivity contribution in [2.45, 2.75) is 6.92 Å². The van der Waals surface area contributed by atoms with Gasteiger partial charge in [-0.3, -0.25) is 14.9 Å². The van der Waals surface area contributed by atoms with E-state index in [0.717, 1.165) is 0 Å². The normalized spacial score (nSPS) is 16.4. The molecule has 1 aliphatic heterocycles. The number of carbonyl (C=O) groups is 2. The number of hydrogen-bond acceptors (Lipinski definition) is 5. The molecule has 1 amide bonds. The van der Waals surface area contributed by atoms with Crippen LogP contribution < -0.4 is 0 Å². The van der Waals surface area contributed by atoms with Crippen molar-refractivity contribution in [3.63, 3.8) is 0 Å². The summed E-state index contributed by atoms with van der Waals surface area (Å²) in [5.74, 6) is -0.976. The average molecular weight is 302 g/mol. The topological polar surface area (TPSA) is 89.8 Å². The van der Waals surface area contributed by atoms with E-state index >= 15 is 0 Å². The lowest BCUT2D eigenvalue weighted by Crippen LogP contribution is -2.19. The Morgan fingerprint density at radius 3 is 2.68 bits per heavy atom. The zero-order chi connectivity index (χ0) is 16.4. The maximum Gasteiger partial charge on any atom is 0.340 e. The van der Waals surface area contributed by atoms with Crippen LogP contribution in [0.3, 0.4) is 0 Å². The number of nitrogens with zero attached hydrogens (tertiary/aromatic N) is 2. The molecule has 22 heavy (non-hydrogen) atoms. The highest BCUT2D eigenvalue weighted by atomic mass is 16.6. The quantitative estimate of drug-likeness (QED) is 0.368. The van der Waals surface area contributed by atoms with Crippen molar-refractivity contribution in [2.75, 3.05) is 14.2 Å². The molecule has 1 aromatic rings. The maximum atomic E-state index is 12.2. The van der Waals surface area contributed by atoms with E-state index in [1.165, 1.54) is 36.3 Å². The number of esters is 1. The van der Waals surface area contributed by atoms with Gasteiger partial charge in [0.2, 0.25) is 0 Å². The third-order valence-corrected chi connectivity index (χ3v) is 3.45. The largest absolute Gasteiger partial charge is 0.465 e. The van der Waals surface area contributed by atoms with Crippen LogP contribution in [0.5, 0.6) is 0 Å². The number of hydrogen-bond donors (Lipinski definition) is 0. The van der Waals surface area contributed by atoms with Gasteiger partial charge in [-0.2, -0.15) is 0 Å². The van der Waals surface area contributed by atoms with Crippen molar-refractivity contribution >= 4 is 23.6 Å². The van der Waals surface area contributed by atoms with Crippen molar-refractivity contribution in [1.29, 1.82) is 0 Å². The first-order valence-corrected chi connectivity index (χ1v) is 6.40. The van der Waals surface area contributed by atoms with Gasteiger partial charge in [-0.15, -0.1) is 0 Å². The Labute approximate surface area is 126 Å². The molecular formula is C15H14N2O5. The predicted molar refractivity (Wildman–Crippen MR) is 78.6 cm³/mol. The van der Waals surface area contributed by atoms with Gasteiger partial charge < -0.3 is 9.64 Å². The third-order valence-electron chi connectivity index (χ3n) is 3.45. The van der Waals surface area contributed by atoms with Crippen LogP contribution in [0.25, 0.3) is 6.08 Å². The minimum absolute atomic E-state index is 0.0894. The molecule has 0 unspecified atom stereocenters. The second-order valence-electron chi connectivity index (χ2n) is 4.73. The fraction of sp³-hybridized carbons (Fsp3) is 0.200. The molecule has 0 aromatic heterocycles. The summed E-state index contributed by atoms with van der Waals surface area (Å²) in [6, 6.07) is 5.83. The van der Waals surface area contributed by atoms with E-state index in [2.05, 4.69) is 0 Å².